The number of esters is 1. The highest BCUT2D eigenvalue weighted by Crippen LogP contribution is 2.29. The Balaban J connectivity index is 2.66. The smallest absolute Gasteiger partial charge is 0.311 e. The second kappa shape index (κ2) is 15.1. The summed E-state index contributed by atoms with van der Waals surface area (Å²) in [6.07, 6.45) is 1.73. The fourth-order valence-corrected chi connectivity index (χ4v) is 6.06. The van der Waals surface area contributed by atoms with Crippen molar-refractivity contribution in [3.63, 3.8) is 0 Å². The monoisotopic (exact) mass is 621 g/mol. The molecule has 0 saturated carbocycles. The van der Waals surface area contributed by atoms with E-state index in [1.807, 2.05) is 48.5 Å². The number of nitrogens with one attached hydrogen (secondary N) is 3. The number of thiazole rings is 1. The number of rotatable bonds is 6. The normalized spacial score (nSPS) is 29.3. The van der Waals surface area contributed by atoms with Crippen molar-refractivity contribution in [3.05, 3.63) is 16.1 Å². The van der Waals surface area contributed by atoms with Crippen LogP contribution in [0.5, 0.6) is 0 Å². The topological polar surface area (TPSA) is 147 Å². The van der Waals surface area contributed by atoms with E-state index in [1.54, 1.807) is 33.2 Å². The van der Waals surface area contributed by atoms with E-state index in [2.05, 4.69) is 20.9 Å². The van der Waals surface area contributed by atoms with Crippen LogP contribution in [0.3, 0.4) is 0 Å². The summed E-state index contributed by atoms with van der Waals surface area (Å²) in [5.74, 6) is -4.18. The first-order valence-corrected chi connectivity index (χ1v) is 16.2. The molecule has 0 spiro atoms. The van der Waals surface area contributed by atoms with Crippen LogP contribution >= 0.6 is 11.3 Å². The van der Waals surface area contributed by atoms with Gasteiger partial charge in [0.25, 0.3) is 11.8 Å². The Morgan fingerprint density at radius 2 is 1.63 bits per heavy atom. The lowest BCUT2D eigenvalue weighted by Crippen LogP contribution is -2.61. The van der Waals surface area contributed by atoms with Gasteiger partial charge in [-0.1, -0.05) is 54.9 Å². The molecule has 12 heteroatoms. The highest BCUT2D eigenvalue weighted by atomic mass is 32.1. The molecule has 2 heterocycles. The number of aromatic nitrogens is 1. The van der Waals surface area contributed by atoms with Crippen LogP contribution in [0.4, 0.5) is 0 Å². The molecule has 1 aliphatic rings. The summed E-state index contributed by atoms with van der Waals surface area (Å²) in [5, 5.41) is 10.9. The molecule has 0 aliphatic carbocycles. The zero-order valence-electron chi connectivity index (χ0n) is 27.6. The van der Waals surface area contributed by atoms with Crippen LogP contribution in [-0.4, -0.2) is 70.3 Å². The molecule has 2 rings (SSSR count). The summed E-state index contributed by atoms with van der Waals surface area (Å²) < 4.78 is 6.00. The van der Waals surface area contributed by atoms with Crippen LogP contribution in [0, 0.1) is 23.7 Å². The van der Waals surface area contributed by atoms with Crippen LogP contribution < -0.4 is 16.0 Å². The maximum atomic E-state index is 13.9. The van der Waals surface area contributed by atoms with Crippen molar-refractivity contribution in [1.29, 1.82) is 0 Å². The summed E-state index contributed by atoms with van der Waals surface area (Å²) in [4.78, 5) is 74.0. The van der Waals surface area contributed by atoms with Gasteiger partial charge in [-0.25, -0.2) is 4.98 Å². The van der Waals surface area contributed by atoms with Crippen LogP contribution in [-0.2, 0) is 23.9 Å². The Morgan fingerprint density at radius 3 is 2.16 bits per heavy atom. The third kappa shape index (κ3) is 8.33. The number of cyclic esters (lactones) is 1. The maximum Gasteiger partial charge on any atom is 0.311 e. The second-order valence-corrected chi connectivity index (χ2v) is 13.5. The summed E-state index contributed by atoms with van der Waals surface area (Å²) in [6.45, 7) is 18.0. The minimum atomic E-state index is -1.59. The number of nitrogens with zero attached hydrogens (tertiary/aromatic N) is 2. The van der Waals surface area contributed by atoms with Crippen LogP contribution in [0.25, 0.3) is 0 Å². The number of ether oxygens (including phenoxy) is 1. The Labute approximate surface area is 260 Å². The molecule has 43 heavy (non-hydrogen) atoms. The molecule has 0 radical (unpaired) electrons. The zero-order valence-corrected chi connectivity index (χ0v) is 28.4. The largest absolute Gasteiger partial charge is 0.449 e. The first-order chi connectivity index (χ1) is 20.0. The summed E-state index contributed by atoms with van der Waals surface area (Å²) in [6, 6.07) is -2.90. The SMILES string of the molecule is CCC[C@H]1NC(=O)c2csc(n2)[C@H](C)NC(=O)[C@H](C(C)C)N(C)C(=O)C(C(C)C)NC(=O)[C@](C)([C@@H](C)CC)OC(=O)[C@H]1C. The summed E-state index contributed by atoms with van der Waals surface area (Å²) in [5.41, 5.74) is -1.42. The molecule has 1 aromatic heterocycles. The molecule has 242 valence electrons. The molecule has 0 saturated heterocycles. The zero-order chi connectivity index (χ0) is 32.8. The first kappa shape index (κ1) is 36.2. The van der Waals surface area contributed by atoms with Crippen molar-refractivity contribution in [2.75, 3.05) is 7.05 Å². The number of hydrogen-bond acceptors (Lipinski definition) is 8. The van der Waals surface area contributed by atoms with Gasteiger partial charge in [0.15, 0.2) is 5.60 Å². The highest BCUT2D eigenvalue weighted by molar-refractivity contribution is 7.09. The minimum Gasteiger partial charge on any atom is -0.449 e. The number of fused-ring (bicyclic) bond motifs is 2. The minimum absolute atomic E-state index is 0.178. The van der Waals surface area contributed by atoms with E-state index in [0.717, 1.165) is 0 Å². The predicted octanol–water partition coefficient (Wildman–Crippen LogP) is 3.84. The van der Waals surface area contributed by atoms with Gasteiger partial charge in [-0.2, -0.15) is 0 Å². The van der Waals surface area contributed by atoms with E-state index < -0.39 is 59.4 Å². The average Bonchev–Trinajstić information content (AvgIpc) is 3.44. The maximum absolute atomic E-state index is 13.9. The van der Waals surface area contributed by atoms with Crippen molar-refractivity contribution < 1.29 is 28.7 Å². The Kier molecular flexibility index (Phi) is 12.7. The number of hydrogen-bond donors (Lipinski definition) is 3. The number of likely N-dealkylation sites (N-methyl/N-ethyl adjacent to an activating group) is 1. The van der Waals surface area contributed by atoms with Gasteiger partial charge < -0.3 is 25.6 Å². The van der Waals surface area contributed by atoms with E-state index >= 15 is 0 Å². The number of carbonyl (C=O) groups is 5. The van der Waals surface area contributed by atoms with Crippen molar-refractivity contribution in [2.45, 2.75) is 118 Å². The third-order valence-electron chi connectivity index (χ3n) is 8.58. The molecule has 1 aliphatic heterocycles. The molecular formula is C31H51N5O6S. The Bertz CT molecular complexity index is 1170. The predicted molar refractivity (Wildman–Crippen MR) is 166 cm³/mol. The van der Waals surface area contributed by atoms with Gasteiger partial charge >= 0.3 is 5.97 Å². The Morgan fingerprint density at radius 1 is 1.00 bits per heavy atom. The fourth-order valence-electron chi connectivity index (χ4n) is 5.26. The molecular weight excluding hydrogens is 570 g/mol. The quantitative estimate of drug-likeness (QED) is 0.409. The molecule has 0 fully saturated rings. The summed E-state index contributed by atoms with van der Waals surface area (Å²) >= 11 is 1.24. The van der Waals surface area contributed by atoms with Gasteiger partial charge in [-0.3, -0.25) is 24.0 Å². The van der Waals surface area contributed by atoms with E-state index in [9.17, 15) is 24.0 Å². The van der Waals surface area contributed by atoms with Gasteiger partial charge in [0.05, 0.1) is 12.0 Å². The van der Waals surface area contributed by atoms with Crippen LogP contribution in [0.2, 0.25) is 0 Å². The second-order valence-electron chi connectivity index (χ2n) is 12.6. The number of amides is 4. The Hall–Kier alpha value is -3.02. The van der Waals surface area contributed by atoms with Gasteiger partial charge in [0, 0.05) is 24.4 Å². The van der Waals surface area contributed by atoms with Crippen molar-refractivity contribution in [1.82, 2.24) is 25.8 Å². The van der Waals surface area contributed by atoms with Crippen LogP contribution in [0.15, 0.2) is 5.38 Å². The van der Waals surface area contributed by atoms with Crippen molar-refractivity contribution >= 4 is 40.9 Å². The van der Waals surface area contributed by atoms with E-state index in [0.29, 0.717) is 24.3 Å². The molecule has 1 aromatic rings. The average molecular weight is 622 g/mol. The van der Waals surface area contributed by atoms with Crippen molar-refractivity contribution in [2.24, 2.45) is 23.7 Å². The highest BCUT2D eigenvalue weighted by Gasteiger charge is 2.46. The van der Waals surface area contributed by atoms with Gasteiger partial charge in [-0.05, 0) is 45.4 Å². The third-order valence-corrected chi connectivity index (χ3v) is 9.60. The number of carbonyl (C=O) groups excluding carboxylic acids is 5. The lowest BCUT2D eigenvalue weighted by Gasteiger charge is -2.38. The van der Waals surface area contributed by atoms with Gasteiger partial charge in [-0.15, -0.1) is 11.3 Å². The lowest BCUT2D eigenvalue weighted by molar-refractivity contribution is -0.177. The van der Waals surface area contributed by atoms with Crippen molar-refractivity contribution in [3.8, 4) is 0 Å². The molecule has 1 unspecified atom stereocenters. The molecule has 0 aromatic carbocycles. The first-order valence-electron chi connectivity index (χ1n) is 15.4. The molecule has 2 bridgehead atoms. The lowest BCUT2D eigenvalue weighted by atomic mass is 9.86. The van der Waals surface area contributed by atoms with Crippen LogP contribution in [0.1, 0.15) is 110 Å². The molecule has 4 amide bonds. The molecule has 3 N–H and O–H groups in total. The van der Waals surface area contributed by atoms with Gasteiger partial charge in [0.1, 0.15) is 22.8 Å². The summed E-state index contributed by atoms with van der Waals surface area (Å²) in [7, 11) is 1.55. The molecule has 11 nitrogen and oxygen atoms in total. The van der Waals surface area contributed by atoms with E-state index in [4.69, 9.17) is 4.74 Å². The standard InChI is InChI=1S/C31H51N5O6S/c1-12-14-21-19(8)29(40)42-31(10,18(7)13-2)30(41)35-23(16(3)4)28(39)36(11)24(17(5)6)26(38)32-20(9)27-34-22(15-43-27)25(37)33-21/h15-21,23-24H,12-14H2,1-11H3,(H,32,38)(H,33,37)(H,35,41)/t18-,19-,20-,21+,23?,24-,31-/m0/s1. The van der Waals surface area contributed by atoms with E-state index in [-0.39, 0.29) is 29.4 Å². The van der Waals surface area contributed by atoms with Gasteiger partial charge in [0.2, 0.25) is 11.8 Å². The molecule has 7 atom stereocenters. The van der Waals surface area contributed by atoms with E-state index in [1.165, 1.54) is 16.2 Å². The fraction of sp³-hybridized carbons (Fsp3) is 0.742.